The van der Waals surface area contributed by atoms with Gasteiger partial charge in [0, 0.05) is 19.4 Å². The van der Waals surface area contributed by atoms with Crippen LogP contribution in [0.3, 0.4) is 0 Å². The average Bonchev–Trinajstić information content (AvgIpc) is 2.59. The van der Waals surface area contributed by atoms with E-state index in [-0.39, 0.29) is 5.82 Å². The van der Waals surface area contributed by atoms with Gasteiger partial charge in [0.1, 0.15) is 10.2 Å². The summed E-state index contributed by atoms with van der Waals surface area (Å²) in [4.78, 5) is 0.813. The van der Waals surface area contributed by atoms with E-state index in [4.69, 9.17) is 17.3 Å². The van der Waals surface area contributed by atoms with Gasteiger partial charge in [0.25, 0.3) is 0 Å². The van der Waals surface area contributed by atoms with Crippen molar-refractivity contribution < 1.29 is 4.39 Å². The molecule has 0 aliphatic rings. The van der Waals surface area contributed by atoms with Gasteiger partial charge in [0.05, 0.1) is 6.04 Å². The molecule has 0 saturated carbocycles. The third kappa shape index (κ3) is 2.74. The first kappa shape index (κ1) is 13.5. The second-order valence-corrected chi connectivity index (χ2v) is 6.78. The van der Waals surface area contributed by atoms with Crippen LogP contribution in [0.4, 0.5) is 4.39 Å². The van der Waals surface area contributed by atoms with Gasteiger partial charge in [-0.05, 0) is 34.1 Å². The molecule has 1 aromatic heterocycles. The highest BCUT2D eigenvalue weighted by atomic mass is 79.9. The minimum Gasteiger partial charge on any atom is -0.319 e. The van der Waals surface area contributed by atoms with Crippen molar-refractivity contribution in [3.8, 4) is 0 Å². The van der Waals surface area contributed by atoms with Gasteiger partial charge >= 0.3 is 0 Å². The van der Waals surface area contributed by atoms with E-state index < -0.39 is 6.04 Å². The van der Waals surface area contributed by atoms with Crippen LogP contribution in [0, 0.1) is 5.82 Å². The Hall–Kier alpha value is 0.0600. The summed E-state index contributed by atoms with van der Waals surface area (Å²) in [6, 6.07) is 6.08. The Morgan fingerprint density at radius 3 is 2.53 bits per heavy atom. The van der Waals surface area contributed by atoms with Crippen LogP contribution in [-0.4, -0.2) is 0 Å². The molecule has 0 aliphatic carbocycles. The van der Waals surface area contributed by atoms with Gasteiger partial charge in [-0.2, -0.15) is 0 Å². The van der Waals surface area contributed by atoms with Crippen molar-refractivity contribution in [1.82, 2.24) is 0 Å². The highest BCUT2D eigenvalue weighted by Crippen LogP contribution is 2.38. The number of hydrogen-bond donors (Lipinski definition) is 1. The van der Waals surface area contributed by atoms with Gasteiger partial charge in [0.2, 0.25) is 0 Å². The van der Waals surface area contributed by atoms with Crippen LogP contribution >= 0.6 is 54.8 Å². The van der Waals surface area contributed by atoms with Crippen molar-refractivity contribution in [2.45, 2.75) is 6.04 Å². The topological polar surface area (TPSA) is 26.0 Å². The molecule has 0 bridgehead atoms. The Morgan fingerprint density at radius 2 is 2.00 bits per heavy atom. The zero-order valence-corrected chi connectivity index (χ0v) is 13.1. The smallest absolute Gasteiger partial charge is 0.129 e. The van der Waals surface area contributed by atoms with E-state index in [1.807, 2.05) is 6.07 Å². The van der Waals surface area contributed by atoms with Crippen molar-refractivity contribution in [3.05, 3.63) is 53.8 Å². The number of halogens is 4. The monoisotopic (exact) mass is 397 g/mol. The second kappa shape index (κ2) is 5.36. The zero-order valence-electron chi connectivity index (χ0n) is 8.38. The lowest BCUT2D eigenvalue weighted by molar-refractivity contribution is 0.599. The molecular weight excluding hydrogens is 392 g/mol. The summed E-state index contributed by atoms with van der Waals surface area (Å²) in [5.41, 5.74) is 6.50. The molecule has 1 unspecified atom stereocenters. The summed E-state index contributed by atoms with van der Waals surface area (Å²) < 4.78 is 15.8. The molecule has 2 rings (SSSR count). The zero-order chi connectivity index (χ0) is 12.6. The lowest BCUT2D eigenvalue weighted by Gasteiger charge is -2.12. The highest BCUT2D eigenvalue weighted by Gasteiger charge is 2.19. The molecule has 0 aliphatic heterocycles. The van der Waals surface area contributed by atoms with E-state index in [0.29, 0.717) is 14.4 Å². The van der Waals surface area contributed by atoms with Gasteiger partial charge in [-0.3, -0.25) is 0 Å². The largest absolute Gasteiger partial charge is 0.319 e. The van der Waals surface area contributed by atoms with Gasteiger partial charge in [-0.1, -0.05) is 33.6 Å². The van der Waals surface area contributed by atoms with Crippen LogP contribution in [0.25, 0.3) is 0 Å². The third-order valence-corrected chi connectivity index (χ3v) is 5.53. The number of rotatable bonds is 2. The van der Waals surface area contributed by atoms with E-state index in [0.717, 1.165) is 9.35 Å². The lowest BCUT2D eigenvalue weighted by atomic mass is 10.1. The van der Waals surface area contributed by atoms with Gasteiger partial charge < -0.3 is 5.73 Å². The normalized spacial score (nSPS) is 12.8. The van der Waals surface area contributed by atoms with Crippen LogP contribution in [0.5, 0.6) is 0 Å². The number of nitrogens with two attached hydrogens (primary N) is 1. The minimum absolute atomic E-state index is 0.326. The van der Waals surface area contributed by atoms with Crippen LogP contribution < -0.4 is 5.73 Å². The van der Waals surface area contributed by atoms with Crippen LogP contribution in [0.1, 0.15) is 16.5 Å². The predicted octanol–water partition coefficient (Wildman–Crippen LogP) is 5.11. The molecule has 1 aromatic carbocycles. The van der Waals surface area contributed by atoms with E-state index in [1.165, 1.54) is 17.4 Å². The molecule has 17 heavy (non-hydrogen) atoms. The summed E-state index contributed by atoms with van der Waals surface area (Å²) in [6.45, 7) is 0. The van der Waals surface area contributed by atoms with Crippen molar-refractivity contribution >= 4 is 54.8 Å². The van der Waals surface area contributed by atoms with Crippen LogP contribution in [-0.2, 0) is 0 Å². The quantitative estimate of drug-likeness (QED) is 0.746. The molecule has 6 heteroatoms. The molecule has 1 nitrogen and oxygen atoms in total. The molecule has 1 atom stereocenters. The fourth-order valence-electron chi connectivity index (χ4n) is 1.47. The van der Waals surface area contributed by atoms with Crippen molar-refractivity contribution in [1.29, 1.82) is 0 Å². The van der Waals surface area contributed by atoms with Crippen molar-refractivity contribution in [2.75, 3.05) is 0 Å². The Kier molecular flexibility index (Phi) is 4.26. The fourth-order valence-corrected chi connectivity index (χ4v) is 3.80. The molecule has 0 amide bonds. The number of hydrogen-bond acceptors (Lipinski definition) is 2. The fraction of sp³-hybridized carbons (Fsp3) is 0.0909. The Morgan fingerprint density at radius 1 is 1.29 bits per heavy atom. The summed E-state index contributed by atoms with van der Waals surface area (Å²) in [5, 5.41) is 0. The van der Waals surface area contributed by atoms with E-state index in [2.05, 4.69) is 31.9 Å². The van der Waals surface area contributed by atoms with Gasteiger partial charge in [-0.25, -0.2) is 4.39 Å². The van der Waals surface area contributed by atoms with E-state index >= 15 is 0 Å². The molecule has 2 aromatic rings. The number of thiophene rings is 1. The average molecular weight is 400 g/mol. The van der Waals surface area contributed by atoms with Crippen LogP contribution in [0.2, 0.25) is 4.34 Å². The van der Waals surface area contributed by atoms with Crippen molar-refractivity contribution in [3.63, 3.8) is 0 Å². The molecular formula is C11H7Br2ClFNS. The molecule has 1 heterocycles. The van der Waals surface area contributed by atoms with Crippen molar-refractivity contribution in [2.24, 2.45) is 5.73 Å². The first-order valence-electron chi connectivity index (χ1n) is 4.65. The molecule has 0 saturated heterocycles. The highest BCUT2D eigenvalue weighted by molar-refractivity contribution is 9.10. The predicted molar refractivity (Wildman–Crippen MR) is 77.2 cm³/mol. The minimum atomic E-state index is -0.528. The Labute approximate surface area is 124 Å². The van der Waals surface area contributed by atoms with Gasteiger partial charge in [0.15, 0.2) is 0 Å². The van der Waals surface area contributed by atoms with Crippen LogP contribution in [0.15, 0.2) is 33.2 Å². The lowest BCUT2D eigenvalue weighted by Crippen LogP contribution is -2.12. The SMILES string of the molecule is NC(c1cc(Br)c(Cl)s1)c1c(F)cccc1Br. The summed E-state index contributed by atoms with van der Waals surface area (Å²) in [6.07, 6.45) is 0. The Bertz CT molecular complexity index is 519. The molecule has 90 valence electrons. The number of benzene rings is 1. The summed E-state index contributed by atoms with van der Waals surface area (Å²) in [7, 11) is 0. The van der Waals surface area contributed by atoms with Gasteiger partial charge in [-0.15, -0.1) is 11.3 Å². The van der Waals surface area contributed by atoms with E-state index in [9.17, 15) is 4.39 Å². The first-order chi connectivity index (χ1) is 8.00. The molecule has 2 N–H and O–H groups in total. The second-order valence-electron chi connectivity index (χ2n) is 3.38. The third-order valence-electron chi connectivity index (χ3n) is 2.28. The maximum atomic E-state index is 13.7. The molecule has 0 spiro atoms. The Balaban J connectivity index is 2.47. The summed E-state index contributed by atoms with van der Waals surface area (Å²) in [5.74, 6) is -0.326. The summed E-state index contributed by atoms with van der Waals surface area (Å²) >= 11 is 13.9. The van der Waals surface area contributed by atoms with E-state index in [1.54, 1.807) is 12.1 Å². The maximum absolute atomic E-state index is 13.7. The first-order valence-corrected chi connectivity index (χ1v) is 7.43. The maximum Gasteiger partial charge on any atom is 0.129 e. The standard InChI is InChI=1S/C11H7Br2ClFNS/c12-5-2-1-3-7(15)9(5)10(16)8-4-6(13)11(14)17-8/h1-4,10H,16H2. The molecule has 0 radical (unpaired) electrons. The molecule has 0 fully saturated rings.